The first-order valence-electron chi connectivity index (χ1n) is 11.5. The van der Waals surface area contributed by atoms with Crippen molar-refractivity contribution in [3.63, 3.8) is 0 Å². The number of pyridine rings is 1. The summed E-state index contributed by atoms with van der Waals surface area (Å²) in [6, 6.07) is 18.1. The molecule has 2 heterocycles. The van der Waals surface area contributed by atoms with Gasteiger partial charge >= 0.3 is 0 Å². The average molecular weight is 445 g/mol. The molecule has 0 aliphatic heterocycles. The summed E-state index contributed by atoms with van der Waals surface area (Å²) in [7, 11) is 0. The molecular weight excluding hydrogens is 412 g/mol. The Morgan fingerprint density at radius 1 is 1.03 bits per heavy atom. The van der Waals surface area contributed by atoms with Gasteiger partial charge in [0.2, 0.25) is 0 Å². The van der Waals surface area contributed by atoms with E-state index in [0.29, 0.717) is 17.9 Å². The van der Waals surface area contributed by atoms with Crippen molar-refractivity contribution in [2.24, 2.45) is 0 Å². The van der Waals surface area contributed by atoms with E-state index in [9.17, 15) is 4.79 Å². The summed E-state index contributed by atoms with van der Waals surface area (Å²) >= 11 is 0. The van der Waals surface area contributed by atoms with Gasteiger partial charge in [-0.2, -0.15) is 0 Å². The predicted octanol–water partition coefficient (Wildman–Crippen LogP) is 4.44. The molecule has 0 amide bonds. The number of aromatic amines is 1. The zero-order chi connectivity index (χ0) is 23.6. The Kier molecular flexibility index (Phi) is 6.42. The van der Waals surface area contributed by atoms with Crippen molar-refractivity contribution in [3.8, 4) is 0 Å². The van der Waals surface area contributed by atoms with Gasteiger partial charge in [0, 0.05) is 17.6 Å². The maximum atomic E-state index is 13.4. The van der Waals surface area contributed by atoms with Gasteiger partial charge in [0.05, 0.1) is 5.54 Å². The van der Waals surface area contributed by atoms with E-state index in [1.165, 1.54) is 11.1 Å². The van der Waals surface area contributed by atoms with E-state index >= 15 is 0 Å². The van der Waals surface area contributed by atoms with Crippen LogP contribution in [0.2, 0.25) is 0 Å². The van der Waals surface area contributed by atoms with Gasteiger partial charge in [-0.15, -0.1) is 5.10 Å². The van der Waals surface area contributed by atoms with Crippen LogP contribution < -0.4 is 5.56 Å². The number of fused-ring (bicyclic) bond motifs is 1. The molecule has 2 aromatic heterocycles. The van der Waals surface area contributed by atoms with Gasteiger partial charge in [-0.3, -0.25) is 9.69 Å². The molecule has 0 unspecified atom stereocenters. The van der Waals surface area contributed by atoms with E-state index in [1.807, 2.05) is 35.0 Å². The molecule has 4 aromatic rings. The number of hydrogen-bond acceptors (Lipinski definition) is 5. The lowest BCUT2D eigenvalue weighted by atomic mass is 10.00. The second-order valence-corrected chi connectivity index (χ2v) is 9.40. The SMILES string of the molecule is CCc1ccc2[nH]c(=O)c([C@H](c3nnnn3C(C)(C)C)N(CC)Cc3ccccc3)cc2c1. The highest BCUT2D eigenvalue weighted by Gasteiger charge is 2.32. The van der Waals surface area contributed by atoms with Crippen LogP contribution in [0.3, 0.4) is 0 Å². The molecule has 0 fully saturated rings. The summed E-state index contributed by atoms with van der Waals surface area (Å²) in [6.45, 7) is 11.8. The minimum Gasteiger partial charge on any atom is -0.322 e. The van der Waals surface area contributed by atoms with Gasteiger partial charge in [-0.05, 0) is 78.9 Å². The highest BCUT2D eigenvalue weighted by Crippen LogP contribution is 2.30. The fourth-order valence-electron chi connectivity index (χ4n) is 4.24. The fourth-order valence-corrected chi connectivity index (χ4v) is 4.24. The first-order chi connectivity index (χ1) is 15.8. The number of aryl methyl sites for hydroxylation is 1. The third-order valence-electron chi connectivity index (χ3n) is 6.01. The molecule has 172 valence electrons. The Bertz CT molecular complexity index is 1290. The standard InChI is InChI=1S/C26H32N6O/c1-6-18-13-14-22-20(15-18)16-21(25(33)27-22)23(24-28-29-30-32(24)26(3,4)5)31(7-2)17-19-11-9-8-10-12-19/h8-16,23H,6-7,17H2,1-5H3,(H,27,33)/t23-/m1/s1. The summed E-state index contributed by atoms with van der Waals surface area (Å²) in [5.41, 5.74) is 3.43. The van der Waals surface area contributed by atoms with E-state index in [1.54, 1.807) is 0 Å². The molecule has 0 aliphatic carbocycles. The van der Waals surface area contributed by atoms with Crippen molar-refractivity contribution in [2.75, 3.05) is 6.54 Å². The van der Waals surface area contributed by atoms with Crippen LogP contribution in [0.25, 0.3) is 10.9 Å². The van der Waals surface area contributed by atoms with Crippen LogP contribution in [-0.4, -0.2) is 36.6 Å². The third kappa shape index (κ3) is 4.73. The number of nitrogens with one attached hydrogen (secondary N) is 1. The minimum atomic E-state index is -0.400. The maximum Gasteiger partial charge on any atom is 0.253 e. The molecule has 0 saturated carbocycles. The average Bonchev–Trinajstić information content (AvgIpc) is 3.29. The number of H-pyrrole nitrogens is 1. The number of rotatable bonds is 7. The molecule has 7 nitrogen and oxygen atoms in total. The van der Waals surface area contributed by atoms with Crippen LogP contribution in [0.15, 0.2) is 59.4 Å². The van der Waals surface area contributed by atoms with Crippen LogP contribution in [0.5, 0.6) is 0 Å². The molecule has 33 heavy (non-hydrogen) atoms. The van der Waals surface area contributed by atoms with Crippen molar-refractivity contribution in [3.05, 3.63) is 87.5 Å². The van der Waals surface area contributed by atoms with E-state index in [2.05, 4.69) is 84.3 Å². The summed E-state index contributed by atoms with van der Waals surface area (Å²) in [5.74, 6) is 0.664. The Hall–Kier alpha value is -3.32. The molecule has 0 saturated heterocycles. The second kappa shape index (κ2) is 9.27. The summed E-state index contributed by atoms with van der Waals surface area (Å²) in [6.07, 6.45) is 0.936. The third-order valence-corrected chi connectivity index (χ3v) is 6.01. The largest absolute Gasteiger partial charge is 0.322 e. The van der Waals surface area contributed by atoms with Crippen molar-refractivity contribution in [2.45, 2.75) is 59.2 Å². The number of tetrazole rings is 1. The van der Waals surface area contributed by atoms with Gasteiger partial charge in [0.15, 0.2) is 5.82 Å². The highest BCUT2D eigenvalue weighted by atomic mass is 16.1. The van der Waals surface area contributed by atoms with E-state index < -0.39 is 6.04 Å². The fraction of sp³-hybridized carbons (Fsp3) is 0.385. The Morgan fingerprint density at radius 2 is 1.79 bits per heavy atom. The number of hydrogen-bond donors (Lipinski definition) is 1. The molecule has 0 aliphatic rings. The maximum absolute atomic E-state index is 13.4. The first-order valence-corrected chi connectivity index (χ1v) is 11.5. The predicted molar refractivity (Wildman–Crippen MR) is 131 cm³/mol. The topological polar surface area (TPSA) is 79.7 Å². The van der Waals surface area contributed by atoms with Crippen LogP contribution in [0.4, 0.5) is 0 Å². The number of nitrogens with zero attached hydrogens (tertiary/aromatic N) is 5. The van der Waals surface area contributed by atoms with Crippen molar-refractivity contribution < 1.29 is 0 Å². The lowest BCUT2D eigenvalue weighted by Gasteiger charge is -2.32. The highest BCUT2D eigenvalue weighted by molar-refractivity contribution is 5.80. The summed E-state index contributed by atoms with van der Waals surface area (Å²) in [4.78, 5) is 18.7. The summed E-state index contributed by atoms with van der Waals surface area (Å²) in [5, 5.41) is 13.7. The van der Waals surface area contributed by atoms with Crippen molar-refractivity contribution >= 4 is 10.9 Å². The van der Waals surface area contributed by atoms with E-state index in [-0.39, 0.29) is 11.1 Å². The first kappa shape index (κ1) is 22.9. The summed E-state index contributed by atoms with van der Waals surface area (Å²) < 4.78 is 1.83. The quantitative estimate of drug-likeness (QED) is 0.456. The molecule has 1 N–H and O–H groups in total. The van der Waals surface area contributed by atoms with Gasteiger partial charge in [-0.1, -0.05) is 50.2 Å². The number of aromatic nitrogens is 5. The van der Waals surface area contributed by atoms with Crippen LogP contribution in [-0.2, 0) is 18.5 Å². The smallest absolute Gasteiger partial charge is 0.253 e. The van der Waals surface area contributed by atoms with Crippen LogP contribution in [0.1, 0.15) is 63.2 Å². The van der Waals surface area contributed by atoms with Crippen LogP contribution >= 0.6 is 0 Å². The van der Waals surface area contributed by atoms with Crippen molar-refractivity contribution in [1.29, 1.82) is 0 Å². The zero-order valence-electron chi connectivity index (χ0n) is 20.0. The molecule has 0 bridgehead atoms. The second-order valence-electron chi connectivity index (χ2n) is 9.40. The van der Waals surface area contributed by atoms with Gasteiger partial charge in [0.25, 0.3) is 5.56 Å². The molecule has 2 aromatic carbocycles. The van der Waals surface area contributed by atoms with Gasteiger partial charge in [0.1, 0.15) is 6.04 Å². The molecule has 0 radical (unpaired) electrons. The Labute approximate surface area is 194 Å². The monoisotopic (exact) mass is 444 g/mol. The number of benzene rings is 2. The van der Waals surface area contributed by atoms with E-state index in [0.717, 1.165) is 23.9 Å². The Morgan fingerprint density at radius 3 is 2.45 bits per heavy atom. The van der Waals surface area contributed by atoms with Crippen molar-refractivity contribution in [1.82, 2.24) is 30.1 Å². The molecule has 4 rings (SSSR count). The van der Waals surface area contributed by atoms with Crippen LogP contribution in [0, 0.1) is 0 Å². The zero-order valence-corrected chi connectivity index (χ0v) is 20.0. The minimum absolute atomic E-state index is 0.119. The molecular formula is C26H32N6O. The lowest BCUT2D eigenvalue weighted by molar-refractivity contribution is 0.202. The normalized spacial score (nSPS) is 13.0. The Balaban J connectivity index is 1.92. The van der Waals surface area contributed by atoms with Gasteiger partial charge < -0.3 is 4.98 Å². The molecule has 0 spiro atoms. The van der Waals surface area contributed by atoms with Gasteiger partial charge in [-0.25, -0.2) is 4.68 Å². The molecule has 1 atom stereocenters. The van der Waals surface area contributed by atoms with E-state index in [4.69, 9.17) is 0 Å². The lowest BCUT2D eigenvalue weighted by Crippen LogP contribution is -2.37. The molecule has 7 heteroatoms.